The summed E-state index contributed by atoms with van der Waals surface area (Å²) in [6, 6.07) is 19.9. The number of carbonyl (C=O) groups excluding carboxylic acids is 1. The second kappa shape index (κ2) is 10.4. The molecule has 2 aromatic carbocycles. The first-order valence-electron chi connectivity index (χ1n) is 8.48. The van der Waals surface area contributed by atoms with Gasteiger partial charge in [0.2, 0.25) is 5.91 Å². The number of amides is 1. The van der Waals surface area contributed by atoms with Crippen molar-refractivity contribution in [2.45, 2.75) is 19.9 Å². The van der Waals surface area contributed by atoms with Crippen LogP contribution in [0.1, 0.15) is 18.9 Å². The molecule has 0 unspecified atom stereocenters. The monoisotopic (exact) mass is 326 g/mol. The van der Waals surface area contributed by atoms with Crippen molar-refractivity contribution in [2.75, 3.05) is 26.2 Å². The SMILES string of the molecule is CCCN(CC(=O)NCCOc1ccccc1)Cc1ccccc1. The highest BCUT2D eigenvalue weighted by molar-refractivity contribution is 5.77. The van der Waals surface area contributed by atoms with Gasteiger partial charge in [-0.2, -0.15) is 0 Å². The van der Waals surface area contributed by atoms with E-state index < -0.39 is 0 Å². The third-order valence-corrected chi connectivity index (χ3v) is 3.59. The van der Waals surface area contributed by atoms with Crippen molar-refractivity contribution < 1.29 is 9.53 Å². The van der Waals surface area contributed by atoms with E-state index in [4.69, 9.17) is 4.74 Å². The lowest BCUT2D eigenvalue weighted by atomic mass is 10.2. The van der Waals surface area contributed by atoms with Crippen LogP contribution in [0, 0.1) is 0 Å². The van der Waals surface area contributed by atoms with E-state index in [0.717, 1.165) is 25.3 Å². The molecular formula is C20H26N2O2. The van der Waals surface area contributed by atoms with Gasteiger partial charge in [0.25, 0.3) is 0 Å². The summed E-state index contributed by atoms with van der Waals surface area (Å²) in [5.41, 5.74) is 1.23. The molecule has 0 radical (unpaired) electrons. The summed E-state index contributed by atoms with van der Waals surface area (Å²) < 4.78 is 5.58. The first kappa shape index (κ1) is 18.0. The van der Waals surface area contributed by atoms with Gasteiger partial charge >= 0.3 is 0 Å². The number of para-hydroxylation sites is 1. The molecule has 128 valence electrons. The van der Waals surface area contributed by atoms with E-state index in [0.29, 0.717) is 19.7 Å². The molecule has 0 aliphatic carbocycles. The largest absolute Gasteiger partial charge is 0.492 e. The Morgan fingerprint density at radius 2 is 1.71 bits per heavy atom. The fourth-order valence-electron chi connectivity index (χ4n) is 2.51. The number of nitrogens with zero attached hydrogens (tertiary/aromatic N) is 1. The number of hydrogen-bond acceptors (Lipinski definition) is 3. The standard InChI is InChI=1S/C20H26N2O2/c1-2-14-22(16-18-9-5-3-6-10-18)17-20(23)21-13-15-24-19-11-7-4-8-12-19/h3-12H,2,13-17H2,1H3,(H,21,23). The van der Waals surface area contributed by atoms with Crippen molar-refractivity contribution in [1.82, 2.24) is 10.2 Å². The van der Waals surface area contributed by atoms with Gasteiger partial charge in [0.15, 0.2) is 0 Å². The third kappa shape index (κ3) is 6.84. The summed E-state index contributed by atoms with van der Waals surface area (Å²) in [4.78, 5) is 14.3. The van der Waals surface area contributed by atoms with Crippen LogP contribution < -0.4 is 10.1 Å². The molecule has 4 heteroatoms. The van der Waals surface area contributed by atoms with E-state index in [1.165, 1.54) is 5.56 Å². The van der Waals surface area contributed by atoms with Crippen molar-refractivity contribution in [3.63, 3.8) is 0 Å². The van der Waals surface area contributed by atoms with Gasteiger partial charge < -0.3 is 10.1 Å². The van der Waals surface area contributed by atoms with Gasteiger partial charge in [-0.25, -0.2) is 0 Å². The van der Waals surface area contributed by atoms with Gasteiger partial charge in [-0.15, -0.1) is 0 Å². The van der Waals surface area contributed by atoms with Crippen LogP contribution in [0.15, 0.2) is 60.7 Å². The molecule has 24 heavy (non-hydrogen) atoms. The van der Waals surface area contributed by atoms with Gasteiger partial charge in [0.05, 0.1) is 13.1 Å². The van der Waals surface area contributed by atoms with Crippen molar-refractivity contribution in [1.29, 1.82) is 0 Å². The summed E-state index contributed by atoms with van der Waals surface area (Å²) in [5.74, 6) is 0.861. The smallest absolute Gasteiger partial charge is 0.234 e. The molecule has 0 bridgehead atoms. The Morgan fingerprint density at radius 1 is 1.04 bits per heavy atom. The van der Waals surface area contributed by atoms with E-state index in [1.54, 1.807) is 0 Å². The van der Waals surface area contributed by atoms with Crippen LogP contribution >= 0.6 is 0 Å². The van der Waals surface area contributed by atoms with Crippen LogP contribution in [0.25, 0.3) is 0 Å². The molecule has 0 atom stereocenters. The molecule has 0 aliphatic heterocycles. The fourth-order valence-corrected chi connectivity index (χ4v) is 2.51. The Balaban J connectivity index is 1.70. The lowest BCUT2D eigenvalue weighted by Crippen LogP contribution is -2.38. The van der Waals surface area contributed by atoms with Crippen LogP contribution in [0.5, 0.6) is 5.75 Å². The molecule has 1 N–H and O–H groups in total. The van der Waals surface area contributed by atoms with Gasteiger partial charge in [-0.05, 0) is 30.7 Å². The molecular weight excluding hydrogens is 300 g/mol. The fraction of sp³-hybridized carbons (Fsp3) is 0.350. The van der Waals surface area contributed by atoms with Crippen LogP contribution in [0.3, 0.4) is 0 Å². The van der Waals surface area contributed by atoms with Crippen molar-refractivity contribution in [3.05, 3.63) is 66.2 Å². The van der Waals surface area contributed by atoms with E-state index >= 15 is 0 Å². The maximum atomic E-state index is 12.1. The van der Waals surface area contributed by atoms with E-state index in [1.807, 2.05) is 48.5 Å². The maximum Gasteiger partial charge on any atom is 0.234 e. The Labute approximate surface area is 144 Å². The number of carbonyl (C=O) groups is 1. The highest BCUT2D eigenvalue weighted by Gasteiger charge is 2.10. The van der Waals surface area contributed by atoms with E-state index in [-0.39, 0.29) is 5.91 Å². The van der Waals surface area contributed by atoms with E-state index in [2.05, 4.69) is 29.3 Å². The number of nitrogens with one attached hydrogen (secondary N) is 1. The molecule has 0 fully saturated rings. The second-order valence-electron chi connectivity index (χ2n) is 5.71. The number of rotatable bonds is 10. The molecule has 0 saturated heterocycles. The van der Waals surface area contributed by atoms with Crippen molar-refractivity contribution in [2.24, 2.45) is 0 Å². The van der Waals surface area contributed by atoms with Gasteiger partial charge in [0, 0.05) is 6.54 Å². The Morgan fingerprint density at radius 3 is 2.38 bits per heavy atom. The van der Waals surface area contributed by atoms with Gasteiger partial charge in [-0.3, -0.25) is 9.69 Å². The van der Waals surface area contributed by atoms with Crippen LogP contribution in [-0.2, 0) is 11.3 Å². The highest BCUT2D eigenvalue weighted by atomic mass is 16.5. The molecule has 4 nitrogen and oxygen atoms in total. The minimum atomic E-state index is 0.0380. The molecule has 0 aromatic heterocycles. The van der Waals surface area contributed by atoms with Crippen LogP contribution in [0.4, 0.5) is 0 Å². The predicted molar refractivity (Wildman–Crippen MR) is 97.0 cm³/mol. The average molecular weight is 326 g/mol. The predicted octanol–water partition coefficient (Wildman–Crippen LogP) is 3.09. The first-order valence-corrected chi connectivity index (χ1v) is 8.48. The molecule has 0 aliphatic rings. The molecule has 2 rings (SSSR count). The van der Waals surface area contributed by atoms with Gasteiger partial charge in [-0.1, -0.05) is 55.5 Å². The molecule has 0 heterocycles. The molecule has 0 spiro atoms. The number of benzene rings is 2. The zero-order chi connectivity index (χ0) is 17.0. The lowest BCUT2D eigenvalue weighted by Gasteiger charge is -2.21. The lowest BCUT2D eigenvalue weighted by molar-refractivity contribution is -0.122. The summed E-state index contributed by atoms with van der Waals surface area (Å²) in [5, 5.41) is 2.92. The Bertz CT molecular complexity index is 587. The number of ether oxygens (including phenoxy) is 1. The summed E-state index contributed by atoms with van der Waals surface area (Å²) in [7, 11) is 0. The van der Waals surface area contributed by atoms with Crippen molar-refractivity contribution in [3.8, 4) is 5.75 Å². The summed E-state index contributed by atoms with van der Waals surface area (Å²) in [6.45, 7) is 5.23. The minimum absolute atomic E-state index is 0.0380. The molecule has 0 saturated carbocycles. The average Bonchev–Trinajstić information content (AvgIpc) is 2.61. The Hall–Kier alpha value is -2.33. The quantitative estimate of drug-likeness (QED) is 0.682. The first-order chi connectivity index (χ1) is 11.8. The zero-order valence-corrected chi connectivity index (χ0v) is 14.3. The molecule has 2 aromatic rings. The summed E-state index contributed by atoms with van der Waals surface area (Å²) in [6.07, 6.45) is 1.03. The van der Waals surface area contributed by atoms with Crippen LogP contribution in [0.2, 0.25) is 0 Å². The number of hydrogen-bond donors (Lipinski definition) is 1. The second-order valence-corrected chi connectivity index (χ2v) is 5.71. The van der Waals surface area contributed by atoms with Crippen molar-refractivity contribution >= 4 is 5.91 Å². The normalized spacial score (nSPS) is 10.6. The van der Waals surface area contributed by atoms with Gasteiger partial charge in [0.1, 0.15) is 12.4 Å². The van der Waals surface area contributed by atoms with E-state index in [9.17, 15) is 4.79 Å². The maximum absolute atomic E-state index is 12.1. The summed E-state index contributed by atoms with van der Waals surface area (Å²) >= 11 is 0. The minimum Gasteiger partial charge on any atom is -0.492 e. The topological polar surface area (TPSA) is 41.6 Å². The third-order valence-electron chi connectivity index (χ3n) is 3.59. The Kier molecular flexibility index (Phi) is 7.84. The highest BCUT2D eigenvalue weighted by Crippen LogP contribution is 2.07. The molecule has 1 amide bonds. The van der Waals surface area contributed by atoms with Crippen LogP contribution in [-0.4, -0.2) is 37.0 Å². The zero-order valence-electron chi connectivity index (χ0n) is 14.3.